The summed E-state index contributed by atoms with van der Waals surface area (Å²) >= 11 is 1.75. The molecule has 0 aliphatic heterocycles. The molecule has 1 atom stereocenters. The van der Waals surface area contributed by atoms with Gasteiger partial charge in [0.2, 0.25) is 0 Å². The third kappa shape index (κ3) is 8.18. The zero-order chi connectivity index (χ0) is 21.2. The van der Waals surface area contributed by atoms with Crippen LogP contribution < -0.4 is 16.0 Å². The van der Waals surface area contributed by atoms with Crippen LogP contribution in [0.25, 0.3) is 0 Å². The van der Waals surface area contributed by atoms with Gasteiger partial charge in [0.05, 0.1) is 0 Å². The SMILES string of the molecule is CCC(C)NC(=O)c1cccc(CNC(=NC)NCc2ccc(C)cc2SC)c1.I. The Morgan fingerprint density at radius 2 is 1.87 bits per heavy atom. The highest BCUT2D eigenvalue weighted by Gasteiger charge is 2.09. The molecule has 2 aromatic carbocycles. The van der Waals surface area contributed by atoms with Crippen molar-refractivity contribution in [2.45, 2.75) is 51.2 Å². The van der Waals surface area contributed by atoms with Crippen LogP contribution in [0.2, 0.25) is 0 Å². The van der Waals surface area contributed by atoms with Gasteiger partial charge in [-0.2, -0.15) is 0 Å². The van der Waals surface area contributed by atoms with E-state index in [2.05, 4.69) is 59.2 Å². The van der Waals surface area contributed by atoms with E-state index >= 15 is 0 Å². The van der Waals surface area contributed by atoms with Gasteiger partial charge < -0.3 is 16.0 Å². The van der Waals surface area contributed by atoms with Crippen LogP contribution in [0, 0.1) is 6.92 Å². The molecule has 0 aromatic heterocycles. The zero-order valence-corrected chi connectivity index (χ0v) is 21.6. The van der Waals surface area contributed by atoms with Crippen molar-refractivity contribution in [2.75, 3.05) is 13.3 Å². The van der Waals surface area contributed by atoms with E-state index in [4.69, 9.17) is 0 Å². The molecule has 0 aliphatic carbocycles. The number of aliphatic imine (C=N–C) groups is 1. The second kappa shape index (κ2) is 13.5. The fourth-order valence-corrected chi connectivity index (χ4v) is 3.52. The number of rotatable bonds is 8. The first kappa shape index (κ1) is 26.3. The van der Waals surface area contributed by atoms with Gasteiger partial charge in [0.1, 0.15) is 0 Å². The number of hydrogen-bond acceptors (Lipinski definition) is 3. The van der Waals surface area contributed by atoms with E-state index in [9.17, 15) is 4.79 Å². The van der Waals surface area contributed by atoms with Crippen LogP contribution in [0.4, 0.5) is 0 Å². The maximum absolute atomic E-state index is 12.3. The predicted octanol–water partition coefficient (Wildman–Crippen LogP) is 4.73. The summed E-state index contributed by atoms with van der Waals surface area (Å²) < 4.78 is 0. The Kier molecular flexibility index (Phi) is 11.9. The van der Waals surface area contributed by atoms with Crippen LogP contribution in [-0.2, 0) is 13.1 Å². The first-order chi connectivity index (χ1) is 14.0. The molecule has 0 bridgehead atoms. The molecular formula is C23H33IN4OS. The Balaban J connectivity index is 0.00000450. The van der Waals surface area contributed by atoms with Gasteiger partial charge in [0.15, 0.2) is 5.96 Å². The largest absolute Gasteiger partial charge is 0.352 e. The summed E-state index contributed by atoms with van der Waals surface area (Å²) in [5, 5.41) is 9.70. The van der Waals surface area contributed by atoms with Gasteiger partial charge in [-0.15, -0.1) is 35.7 Å². The van der Waals surface area contributed by atoms with Crippen molar-refractivity contribution in [1.82, 2.24) is 16.0 Å². The fraction of sp³-hybridized carbons (Fsp3) is 0.391. The quantitative estimate of drug-likeness (QED) is 0.196. The van der Waals surface area contributed by atoms with Crippen molar-refractivity contribution in [2.24, 2.45) is 4.99 Å². The van der Waals surface area contributed by atoms with Gasteiger partial charge in [0.25, 0.3) is 5.91 Å². The van der Waals surface area contributed by atoms with Crippen molar-refractivity contribution in [3.8, 4) is 0 Å². The van der Waals surface area contributed by atoms with E-state index in [1.165, 1.54) is 16.0 Å². The monoisotopic (exact) mass is 540 g/mol. The lowest BCUT2D eigenvalue weighted by atomic mass is 10.1. The van der Waals surface area contributed by atoms with Gasteiger partial charge in [-0.3, -0.25) is 9.79 Å². The highest BCUT2D eigenvalue weighted by Crippen LogP contribution is 2.21. The normalized spacial score (nSPS) is 12.0. The molecule has 2 aromatic rings. The third-order valence-electron chi connectivity index (χ3n) is 4.75. The predicted molar refractivity (Wildman–Crippen MR) is 139 cm³/mol. The van der Waals surface area contributed by atoms with Crippen LogP contribution in [0.1, 0.15) is 47.3 Å². The lowest BCUT2D eigenvalue weighted by Crippen LogP contribution is -2.36. The molecule has 0 spiro atoms. The van der Waals surface area contributed by atoms with Gasteiger partial charge in [-0.05, 0) is 61.4 Å². The number of carbonyl (C=O) groups is 1. The number of thioether (sulfide) groups is 1. The second-order valence-electron chi connectivity index (χ2n) is 7.08. The highest BCUT2D eigenvalue weighted by atomic mass is 127. The Bertz CT molecular complexity index is 857. The van der Waals surface area contributed by atoms with Crippen LogP contribution in [0.15, 0.2) is 52.4 Å². The fourth-order valence-electron chi connectivity index (χ4n) is 2.81. The zero-order valence-electron chi connectivity index (χ0n) is 18.4. The highest BCUT2D eigenvalue weighted by molar-refractivity contribution is 14.0. The van der Waals surface area contributed by atoms with Crippen molar-refractivity contribution in [3.05, 3.63) is 64.7 Å². The summed E-state index contributed by atoms with van der Waals surface area (Å²) in [6, 6.07) is 14.3. The Hall–Kier alpha value is -1.74. The van der Waals surface area contributed by atoms with Gasteiger partial charge in [0, 0.05) is 36.6 Å². The summed E-state index contributed by atoms with van der Waals surface area (Å²) in [5.74, 6) is 0.694. The molecule has 7 heteroatoms. The average molecular weight is 541 g/mol. The second-order valence-corrected chi connectivity index (χ2v) is 7.93. The minimum Gasteiger partial charge on any atom is -0.352 e. The number of nitrogens with one attached hydrogen (secondary N) is 3. The molecule has 0 heterocycles. The minimum atomic E-state index is -0.0346. The van der Waals surface area contributed by atoms with E-state index in [1.54, 1.807) is 18.8 Å². The smallest absolute Gasteiger partial charge is 0.251 e. The Labute approximate surface area is 201 Å². The number of aryl methyl sites for hydroxylation is 1. The van der Waals surface area contributed by atoms with Gasteiger partial charge in [-0.1, -0.05) is 31.2 Å². The van der Waals surface area contributed by atoms with Crippen molar-refractivity contribution < 1.29 is 4.79 Å². The summed E-state index contributed by atoms with van der Waals surface area (Å²) in [6.45, 7) is 7.47. The maximum atomic E-state index is 12.3. The number of amides is 1. The van der Waals surface area contributed by atoms with Crippen molar-refractivity contribution in [3.63, 3.8) is 0 Å². The van der Waals surface area contributed by atoms with E-state index in [1.807, 2.05) is 31.2 Å². The Morgan fingerprint density at radius 3 is 2.53 bits per heavy atom. The van der Waals surface area contributed by atoms with E-state index in [0.29, 0.717) is 18.7 Å². The summed E-state index contributed by atoms with van der Waals surface area (Å²) in [7, 11) is 1.76. The van der Waals surface area contributed by atoms with Crippen LogP contribution >= 0.6 is 35.7 Å². The first-order valence-corrected chi connectivity index (χ1v) is 11.2. The standard InChI is InChI=1S/C23H32N4OS.HI/c1-6-17(3)27-22(28)19-9-7-8-18(13-19)14-25-23(24-4)26-15-20-11-10-16(2)12-21(20)29-5;/h7-13,17H,6,14-15H2,1-5H3,(H,27,28)(H2,24,25,26);1H. The number of benzene rings is 2. The molecule has 1 amide bonds. The van der Waals surface area contributed by atoms with E-state index in [0.717, 1.165) is 17.9 Å². The molecule has 0 saturated heterocycles. The van der Waals surface area contributed by atoms with Gasteiger partial charge >= 0.3 is 0 Å². The molecule has 0 aliphatic rings. The maximum Gasteiger partial charge on any atom is 0.251 e. The lowest BCUT2D eigenvalue weighted by molar-refractivity contribution is 0.0939. The molecule has 3 N–H and O–H groups in total. The number of nitrogens with zero attached hydrogens (tertiary/aromatic N) is 1. The van der Waals surface area contributed by atoms with Gasteiger partial charge in [-0.25, -0.2) is 0 Å². The summed E-state index contributed by atoms with van der Waals surface area (Å²) in [6.07, 6.45) is 3.00. The molecule has 0 saturated carbocycles. The van der Waals surface area contributed by atoms with Crippen molar-refractivity contribution in [1.29, 1.82) is 0 Å². The molecule has 0 fully saturated rings. The van der Waals surface area contributed by atoms with Crippen LogP contribution in [0.5, 0.6) is 0 Å². The lowest BCUT2D eigenvalue weighted by Gasteiger charge is -2.15. The van der Waals surface area contributed by atoms with Crippen molar-refractivity contribution >= 4 is 47.6 Å². The van der Waals surface area contributed by atoms with Crippen LogP contribution in [-0.4, -0.2) is 31.2 Å². The average Bonchev–Trinajstić information content (AvgIpc) is 2.74. The number of hydrogen-bond donors (Lipinski definition) is 3. The minimum absolute atomic E-state index is 0. The molecule has 164 valence electrons. The van der Waals surface area contributed by atoms with E-state index in [-0.39, 0.29) is 35.9 Å². The topological polar surface area (TPSA) is 65.5 Å². The number of halogens is 1. The van der Waals surface area contributed by atoms with E-state index < -0.39 is 0 Å². The number of guanidine groups is 1. The summed E-state index contributed by atoms with van der Waals surface area (Å²) in [4.78, 5) is 17.9. The molecule has 1 unspecified atom stereocenters. The molecule has 0 radical (unpaired) electrons. The summed E-state index contributed by atoms with van der Waals surface area (Å²) in [5.41, 5.74) is 4.22. The first-order valence-electron chi connectivity index (χ1n) is 9.94. The molecule has 30 heavy (non-hydrogen) atoms. The molecule has 5 nitrogen and oxygen atoms in total. The molecular weight excluding hydrogens is 507 g/mol. The number of carbonyl (C=O) groups excluding carboxylic acids is 1. The Morgan fingerprint density at radius 1 is 1.13 bits per heavy atom. The third-order valence-corrected chi connectivity index (χ3v) is 5.57. The van der Waals surface area contributed by atoms with Crippen LogP contribution in [0.3, 0.4) is 0 Å². The molecule has 2 rings (SSSR count).